The zero-order valence-electron chi connectivity index (χ0n) is 18.5. The van der Waals surface area contributed by atoms with E-state index < -0.39 is 4.32 Å². The van der Waals surface area contributed by atoms with Gasteiger partial charge in [0.2, 0.25) is 0 Å². The number of carbonyl (C=O) groups excluding carboxylic acids is 1. The van der Waals surface area contributed by atoms with E-state index in [0.29, 0.717) is 18.7 Å². The first-order valence-electron chi connectivity index (χ1n) is 10.6. The van der Waals surface area contributed by atoms with E-state index in [1.165, 1.54) is 0 Å². The second-order valence-corrected chi connectivity index (χ2v) is 8.85. The molecule has 3 aromatic rings. The van der Waals surface area contributed by atoms with Crippen LogP contribution in [0.4, 0.5) is 5.69 Å². The van der Waals surface area contributed by atoms with Crippen LogP contribution in [0.2, 0.25) is 0 Å². The summed E-state index contributed by atoms with van der Waals surface area (Å²) in [5.74, 6) is 0.496. The Hall–Kier alpha value is -3.05. The molecular weight excluding hydrogens is 466 g/mol. The molecule has 0 saturated carbocycles. The van der Waals surface area contributed by atoms with Crippen LogP contribution in [0.3, 0.4) is 0 Å². The Labute approximate surface area is 197 Å². The third-order valence-corrected chi connectivity index (χ3v) is 7.11. The van der Waals surface area contributed by atoms with Gasteiger partial charge in [-0.15, -0.1) is 0 Å². The largest absolute Gasteiger partial charge is 0.497 e. The fourth-order valence-corrected chi connectivity index (χ4v) is 5.32. The van der Waals surface area contributed by atoms with Gasteiger partial charge in [-0.05, 0) is 43.2 Å². The molecule has 5 heteroatoms. The van der Waals surface area contributed by atoms with E-state index in [4.69, 9.17) is 9.47 Å². The van der Waals surface area contributed by atoms with Gasteiger partial charge in [-0.25, -0.2) is 4.79 Å². The van der Waals surface area contributed by atoms with Gasteiger partial charge in [-0.3, -0.25) is 0 Å². The molecule has 0 N–H and O–H groups in total. The number of para-hydroxylation sites is 1. The lowest BCUT2D eigenvalue weighted by atomic mass is 9.79. The van der Waals surface area contributed by atoms with Gasteiger partial charge in [-0.2, -0.15) is 0 Å². The number of rotatable bonds is 6. The molecule has 0 aromatic heterocycles. The van der Waals surface area contributed by atoms with Crippen LogP contribution in [0.25, 0.3) is 0 Å². The highest BCUT2D eigenvalue weighted by Crippen LogP contribution is 2.53. The van der Waals surface area contributed by atoms with Gasteiger partial charge < -0.3 is 14.4 Å². The SMILES string of the molecule is CCOC(=O)C1=C(C)N(Cc2ccc(OC)cc2)c2ccccc2[C@@]1(Br)c1ccccc1. The van der Waals surface area contributed by atoms with Crippen molar-refractivity contribution < 1.29 is 14.3 Å². The number of nitrogens with zero attached hydrogens (tertiary/aromatic N) is 1. The van der Waals surface area contributed by atoms with Gasteiger partial charge >= 0.3 is 5.97 Å². The summed E-state index contributed by atoms with van der Waals surface area (Å²) in [4.78, 5) is 15.5. The minimum absolute atomic E-state index is 0.313. The maximum Gasteiger partial charge on any atom is 0.337 e. The number of ether oxygens (including phenoxy) is 2. The smallest absolute Gasteiger partial charge is 0.337 e. The molecule has 0 fully saturated rings. The molecule has 1 heterocycles. The summed E-state index contributed by atoms with van der Waals surface area (Å²) < 4.78 is 10.0. The first-order chi connectivity index (χ1) is 15.5. The summed E-state index contributed by atoms with van der Waals surface area (Å²) in [7, 11) is 1.66. The van der Waals surface area contributed by atoms with Crippen LogP contribution in [-0.2, 0) is 20.4 Å². The summed E-state index contributed by atoms with van der Waals surface area (Å²) in [6.07, 6.45) is 0. The number of carbonyl (C=O) groups is 1. The van der Waals surface area contributed by atoms with Gasteiger partial charge in [0.25, 0.3) is 0 Å². The molecule has 0 radical (unpaired) electrons. The average molecular weight is 492 g/mol. The Balaban J connectivity index is 1.91. The average Bonchev–Trinajstić information content (AvgIpc) is 2.83. The Morgan fingerprint density at radius 2 is 1.62 bits per heavy atom. The molecule has 0 aliphatic carbocycles. The monoisotopic (exact) mass is 491 g/mol. The fourth-order valence-electron chi connectivity index (χ4n) is 4.28. The standard InChI is InChI=1S/C27H26BrNO3/c1-4-32-26(30)25-19(2)29(18-20-14-16-22(31-3)17-15-20)24-13-9-8-12-23(24)27(25,28)21-10-6-5-7-11-21/h5-17H,4,18H2,1-3H3/t27-/m0/s1. The van der Waals surface area contributed by atoms with Gasteiger partial charge in [0.15, 0.2) is 0 Å². The maximum atomic E-state index is 13.3. The van der Waals surface area contributed by atoms with Crippen molar-refractivity contribution in [3.8, 4) is 5.75 Å². The van der Waals surface area contributed by atoms with Crippen LogP contribution < -0.4 is 9.64 Å². The van der Waals surface area contributed by atoms with Crippen LogP contribution in [0.5, 0.6) is 5.75 Å². The van der Waals surface area contributed by atoms with E-state index >= 15 is 0 Å². The van der Waals surface area contributed by atoms with Crippen LogP contribution in [-0.4, -0.2) is 19.7 Å². The molecule has 1 atom stereocenters. The normalized spacial score (nSPS) is 17.7. The van der Waals surface area contributed by atoms with Crippen molar-refractivity contribution >= 4 is 27.6 Å². The number of fused-ring (bicyclic) bond motifs is 1. The van der Waals surface area contributed by atoms with Crippen LogP contribution in [0.15, 0.2) is 90.1 Å². The number of hydrogen-bond donors (Lipinski definition) is 0. The number of esters is 1. The lowest BCUT2D eigenvalue weighted by Gasteiger charge is -2.42. The van der Waals surface area contributed by atoms with E-state index in [1.54, 1.807) is 7.11 Å². The quantitative estimate of drug-likeness (QED) is 0.304. The second kappa shape index (κ2) is 9.21. The van der Waals surface area contributed by atoms with Crippen molar-refractivity contribution in [3.63, 3.8) is 0 Å². The van der Waals surface area contributed by atoms with E-state index in [-0.39, 0.29) is 5.97 Å². The van der Waals surface area contributed by atoms with E-state index in [2.05, 4.69) is 33.0 Å². The zero-order chi connectivity index (χ0) is 22.7. The lowest BCUT2D eigenvalue weighted by molar-refractivity contribution is -0.139. The minimum atomic E-state index is -0.808. The topological polar surface area (TPSA) is 38.8 Å². The molecule has 0 saturated heterocycles. The first kappa shape index (κ1) is 22.2. The summed E-state index contributed by atoms with van der Waals surface area (Å²) in [6, 6.07) is 26.2. The molecule has 3 aromatic carbocycles. The number of allylic oxidation sites excluding steroid dienone is 1. The lowest BCUT2D eigenvalue weighted by Crippen LogP contribution is -2.39. The molecule has 0 bridgehead atoms. The first-order valence-corrected chi connectivity index (χ1v) is 11.4. The number of alkyl halides is 1. The molecule has 0 unspecified atom stereocenters. The summed E-state index contributed by atoms with van der Waals surface area (Å²) >= 11 is 4.01. The van der Waals surface area contributed by atoms with Gasteiger partial charge in [0.05, 0.1) is 19.3 Å². The highest BCUT2D eigenvalue weighted by molar-refractivity contribution is 9.10. The Bertz CT molecular complexity index is 1140. The Morgan fingerprint density at radius 1 is 0.969 bits per heavy atom. The van der Waals surface area contributed by atoms with Crippen molar-refractivity contribution in [2.45, 2.75) is 24.7 Å². The molecule has 4 rings (SSSR count). The number of anilines is 1. The molecule has 0 spiro atoms. The third-order valence-electron chi connectivity index (χ3n) is 5.83. The Kier molecular flexibility index (Phi) is 6.38. The van der Waals surface area contributed by atoms with Crippen LogP contribution >= 0.6 is 15.9 Å². The Morgan fingerprint density at radius 3 is 2.28 bits per heavy atom. The molecule has 1 aliphatic heterocycles. The van der Waals surface area contributed by atoms with Gasteiger partial charge in [0.1, 0.15) is 10.1 Å². The zero-order valence-corrected chi connectivity index (χ0v) is 20.1. The third kappa shape index (κ3) is 3.82. The fraction of sp³-hybridized carbons (Fsp3) is 0.222. The van der Waals surface area contributed by atoms with Crippen molar-refractivity contribution in [1.29, 1.82) is 0 Å². The van der Waals surface area contributed by atoms with Crippen molar-refractivity contribution in [2.24, 2.45) is 0 Å². The second-order valence-electron chi connectivity index (χ2n) is 7.66. The van der Waals surface area contributed by atoms with E-state index in [9.17, 15) is 4.79 Å². The predicted octanol–water partition coefficient (Wildman–Crippen LogP) is 6.19. The summed E-state index contributed by atoms with van der Waals surface area (Å²) in [6.45, 7) is 4.75. The number of benzene rings is 3. The number of hydrogen-bond acceptors (Lipinski definition) is 4. The van der Waals surface area contributed by atoms with E-state index in [0.717, 1.165) is 33.8 Å². The van der Waals surface area contributed by atoms with Crippen molar-refractivity contribution in [2.75, 3.05) is 18.6 Å². The molecule has 4 nitrogen and oxygen atoms in total. The highest BCUT2D eigenvalue weighted by Gasteiger charge is 2.47. The van der Waals surface area contributed by atoms with Crippen molar-refractivity contribution in [1.82, 2.24) is 0 Å². The summed E-state index contributed by atoms with van der Waals surface area (Å²) in [5.41, 5.74) is 5.61. The minimum Gasteiger partial charge on any atom is -0.497 e. The van der Waals surface area contributed by atoms with Crippen LogP contribution in [0, 0.1) is 0 Å². The van der Waals surface area contributed by atoms with Crippen molar-refractivity contribution in [3.05, 3.63) is 107 Å². The summed E-state index contributed by atoms with van der Waals surface area (Å²) in [5, 5.41) is 0. The number of methoxy groups -OCH3 is 1. The molecule has 0 amide bonds. The molecule has 1 aliphatic rings. The predicted molar refractivity (Wildman–Crippen MR) is 131 cm³/mol. The molecule has 164 valence electrons. The van der Waals surface area contributed by atoms with Gasteiger partial charge in [0, 0.05) is 23.5 Å². The van der Waals surface area contributed by atoms with E-state index in [1.807, 2.05) is 80.6 Å². The highest BCUT2D eigenvalue weighted by atomic mass is 79.9. The number of halogens is 1. The van der Waals surface area contributed by atoms with Gasteiger partial charge in [-0.1, -0.05) is 76.6 Å². The van der Waals surface area contributed by atoms with Crippen LogP contribution in [0.1, 0.15) is 30.5 Å². The molecular formula is C27H26BrNO3. The molecule has 32 heavy (non-hydrogen) atoms. The maximum absolute atomic E-state index is 13.3.